The minimum absolute atomic E-state index is 0.0941. The van der Waals surface area contributed by atoms with Crippen molar-refractivity contribution >= 4 is 33.6 Å². The zero-order chi connectivity index (χ0) is 18.5. The fourth-order valence-corrected chi connectivity index (χ4v) is 3.72. The molecular weight excluding hydrogens is 400 g/mol. The van der Waals surface area contributed by atoms with Crippen molar-refractivity contribution in [2.45, 2.75) is 12.5 Å². The summed E-state index contributed by atoms with van der Waals surface area (Å²) in [6.45, 7) is 4.63. The lowest BCUT2D eigenvalue weighted by atomic mass is 10.1. The van der Waals surface area contributed by atoms with E-state index in [1.54, 1.807) is 12.0 Å². The molecule has 0 spiro atoms. The van der Waals surface area contributed by atoms with Crippen LogP contribution < -0.4 is 5.32 Å². The number of fused-ring (bicyclic) bond motifs is 1. The van der Waals surface area contributed by atoms with E-state index < -0.39 is 0 Å². The van der Waals surface area contributed by atoms with Gasteiger partial charge in [0.15, 0.2) is 0 Å². The first-order valence-corrected chi connectivity index (χ1v) is 9.71. The first-order valence-electron chi connectivity index (χ1n) is 8.92. The molecule has 8 heteroatoms. The van der Waals surface area contributed by atoms with Crippen LogP contribution in [-0.4, -0.2) is 85.7 Å². The Kier molecular flexibility index (Phi) is 6.50. The summed E-state index contributed by atoms with van der Waals surface area (Å²) >= 11 is 3.39. The third kappa shape index (κ3) is 4.55. The zero-order valence-electron chi connectivity index (χ0n) is 15.0. The molecule has 0 aliphatic carbocycles. The van der Waals surface area contributed by atoms with Crippen molar-refractivity contribution in [1.29, 1.82) is 0 Å². The van der Waals surface area contributed by atoms with E-state index in [0.717, 1.165) is 36.2 Å². The number of halogens is 1. The second-order valence-corrected chi connectivity index (χ2v) is 7.52. The molecule has 3 amide bonds. The van der Waals surface area contributed by atoms with Crippen LogP contribution in [0.25, 0.3) is 0 Å². The van der Waals surface area contributed by atoms with E-state index in [2.05, 4.69) is 26.1 Å². The molecular formula is C18H25BrN4O3. The van der Waals surface area contributed by atoms with Gasteiger partial charge in [0.2, 0.25) is 5.91 Å². The van der Waals surface area contributed by atoms with Crippen LogP contribution in [0, 0.1) is 0 Å². The molecule has 2 heterocycles. The maximum atomic E-state index is 12.8. The van der Waals surface area contributed by atoms with E-state index in [0.29, 0.717) is 26.2 Å². The van der Waals surface area contributed by atoms with Crippen molar-refractivity contribution in [3.8, 4) is 0 Å². The number of ether oxygens (including phenoxy) is 1. The fourth-order valence-electron chi connectivity index (χ4n) is 3.45. The van der Waals surface area contributed by atoms with Crippen molar-refractivity contribution < 1.29 is 14.3 Å². The van der Waals surface area contributed by atoms with Crippen LogP contribution in [0.4, 0.5) is 10.5 Å². The van der Waals surface area contributed by atoms with Crippen LogP contribution in [-0.2, 0) is 9.53 Å². The molecule has 0 saturated carbocycles. The number of nitrogens with one attached hydrogen (secondary N) is 1. The summed E-state index contributed by atoms with van der Waals surface area (Å²) in [5, 5.41) is 2.93. The van der Waals surface area contributed by atoms with E-state index in [1.807, 2.05) is 29.2 Å². The molecule has 1 aromatic rings. The summed E-state index contributed by atoms with van der Waals surface area (Å²) in [7, 11) is 1.64. The molecule has 0 bridgehead atoms. The highest BCUT2D eigenvalue weighted by molar-refractivity contribution is 9.10. The van der Waals surface area contributed by atoms with Crippen molar-refractivity contribution in [2.24, 2.45) is 0 Å². The van der Waals surface area contributed by atoms with Gasteiger partial charge < -0.3 is 19.9 Å². The van der Waals surface area contributed by atoms with Crippen LogP contribution in [0.5, 0.6) is 0 Å². The second kappa shape index (κ2) is 8.83. The van der Waals surface area contributed by atoms with Crippen LogP contribution >= 0.6 is 15.9 Å². The molecule has 7 nitrogen and oxygen atoms in total. The highest BCUT2D eigenvalue weighted by atomic mass is 79.9. The van der Waals surface area contributed by atoms with Gasteiger partial charge in [-0.25, -0.2) is 4.79 Å². The van der Waals surface area contributed by atoms with Crippen LogP contribution in [0.2, 0.25) is 0 Å². The summed E-state index contributed by atoms with van der Waals surface area (Å²) in [5.41, 5.74) is 0.746. The molecule has 1 N–H and O–H groups in total. The molecule has 2 aliphatic heterocycles. The standard InChI is InChI=1S/C18H25BrN4O3/c1-26-12-11-22-10-9-21-7-2-8-23(13-16(21)17(22)24)18(25)20-15-5-3-14(19)4-6-15/h3-6,16H,2,7-13H2,1H3,(H,20,25). The normalized spacial score (nSPS) is 21.3. The van der Waals surface area contributed by atoms with Gasteiger partial charge in [-0.1, -0.05) is 15.9 Å². The first-order chi connectivity index (χ1) is 12.6. The molecule has 0 aromatic heterocycles. The highest BCUT2D eigenvalue weighted by Crippen LogP contribution is 2.19. The Morgan fingerprint density at radius 1 is 1.23 bits per heavy atom. The van der Waals surface area contributed by atoms with Crippen molar-refractivity contribution in [1.82, 2.24) is 14.7 Å². The Balaban J connectivity index is 1.65. The third-order valence-electron chi connectivity index (χ3n) is 4.91. The van der Waals surface area contributed by atoms with Gasteiger partial charge in [0, 0.05) is 56.5 Å². The number of hydrogen-bond acceptors (Lipinski definition) is 4. The third-order valence-corrected chi connectivity index (χ3v) is 5.44. The SMILES string of the molecule is COCCN1CCN2CCCN(C(=O)Nc3ccc(Br)cc3)CC2C1=O. The summed E-state index contributed by atoms with van der Waals surface area (Å²) in [4.78, 5) is 31.3. The molecule has 3 rings (SSSR count). The summed E-state index contributed by atoms with van der Waals surface area (Å²) in [6.07, 6.45) is 0.871. The number of benzene rings is 1. The predicted molar refractivity (Wildman–Crippen MR) is 103 cm³/mol. The number of piperazine rings is 1. The molecule has 2 aliphatic rings. The van der Waals surface area contributed by atoms with Gasteiger partial charge in [0.05, 0.1) is 6.61 Å². The van der Waals surface area contributed by atoms with Crippen molar-refractivity contribution in [3.63, 3.8) is 0 Å². The zero-order valence-corrected chi connectivity index (χ0v) is 16.6. The van der Waals surface area contributed by atoms with E-state index in [9.17, 15) is 9.59 Å². The topological polar surface area (TPSA) is 65.1 Å². The maximum absolute atomic E-state index is 12.8. The monoisotopic (exact) mass is 424 g/mol. The molecule has 26 heavy (non-hydrogen) atoms. The number of carbonyl (C=O) groups excluding carboxylic acids is 2. The maximum Gasteiger partial charge on any atom is 0.321 e. The molecule has 0 radical (unpaired) electrons. The molecule has 142 valence electrons. The summed E-state index contributed by atoms with van der Waals surface area (Å²) in [6, 6.07) is 7.06. The second-order valence-electron chi connectivity index (χ2n) is 6.61. The molecule has 2 fully saturated rings. The van der Waals surface area contributed by atoms with Gasteiger partial charge in [-0.05, 0) is 30.7 Å². The van der Waals surface area contributed by atoms with Gasteiger partial charge in [-0.2, -0.15) is 0 Å². The van der Waals surface area contributed by atoms with Crippen LogP contribution in [0.3, 0.4) is 0 Å². The van der Waals surface area contributed by atoms with E-state index in [1.165, 1.54) is 0 Å². The van der Waals surface area contributed by atoms with Gasteiger partial charge in [-0.15, -0.1) is 0 Å². The van der Waals surface area contributed by atoms with E-state index in [-0.39, 0.29) is 18.0 Å². The quantitative estimate of drug-likeness (QED) is 0.800. The number of carbonyl (C=O) groups is 2. The van der Waals surface area contributed by atoms with Gasteiger partial charge in [-0.3, -0.25) is 9.69 Å². The lowest BCUT2D eigenvalue weighted by Gasteiger charge is -2.40. The Morgan fingerprint density at radius 3 is 2.73 bits per heavy atom. The molecule has 1 atom stereocenters. The lowest BCUT2D eigenvalue weighted by molar-refractivity contribution is -0.142. The summed E-state index contributed by atoms with van der Waals surface area (Å²) in [5.74, 6) is 0.0941. The fraction of sp³-hybridized carbons (Fsp3) is 0.556. The minimum Gasteiger partial charge on any atom is -0.383 e. The van der Waals surface area contributed by atoms with Crippen molar-refractivity contribution in [3.05, 3.63) is 28.7 Å². The number of urea groups is 1. The van der Waals surface area contributed by atoms with E-state index in [4.69, 9.17) is 4.74 Å². The van der Waals surface area contributed by atoms with Gasteiger partial charge in [0.25, 0.3) is 0 Å². The Morgan fingerprint density at radius 2 is 2.00 bits per heavy atom. The smallest absolute Gasteiger partial charge is 0.321 e. The Hall–Kier alpha value is -1.64. The number of rotatable bonds is 4. The van der Waals surface area contributed by atoms with Crippen LogP contribution in [0.15, 0.2) is 28.7 Å². The number of methoxy groups -OCH3 is 1. The average Bonchev–Trinajstić information content (AvgIpc) is 2.86. The van der Waals surface area contributed by atoms with Crippen LogP contribution in [0.1, 0.15) is 6.42 Å². The largest absolute Gasteiger partial charge is 0.383 e. The number of hydrogen-bond donors (Lipinski definition) is 1. The number of nitrogens with zero attached hydrogens (tertiary/aromatic N) is 3. The molecule has 2 saturated heterocycles. The highest BCUT2D eigenvalue weighted by Gasteiger charge is 2.38. The van der Waals surface area contributed by atoms with Crippen molar-refractivity contribution in [2.75, 3.05) is 58.3 Å². The minimum atomic E-state index is -0.265. The Bertz CT molecular complexity index is 640. The first kappa shape index (κ1) is 19.1. The number of anilines is 1. The molecule has 1 unspecified atom stereocenters. The average molecular weight is 425 g/mol. The molecule has 1 aromatic carbocycles. The van der Waals surface area contributed by atoms with E-state index >= 15 is 0 Å². The van der Waals surface area contributed by atoms with Gasteiger partial charge >= 0.3 is 6.03 Å². The van der Waals surface area contributed by atoms with Gasteiger partial charge in [0.1, 0.15) is 6.04 Å². The predicted octanol–water partition coefficient (Wildman–Crippen LogP) is 1.85. The summed E-state index contributed by atoms with van der Waals surface area (Å²) < 4.78 is 6.07. The number of amides is 3. The Labute approximate surface area is 162 Å². The lowest BCUT2D eigenvalue weighted by Crippen LogP contribution is -2.60.